The van der Waals surface area contributed by atoms with Crippen LogP contribution in [0.15, 0.2) is 41.5 Å². The van der Waals surface area contributed by atoms with Gasteiger partial charge in [0, 0.05) is 0 Å². The molecule has 2 aliphatic carbocycles. The Hall–Kier alpha value is -1.30. The van der Waals surface area contributed by atoms with Gasteiger partial charge in [-0.3, -0.25) is 0 Å². The van der Waals surface area contributed by atoms with Gasteiger partial charge in [0.2, 0.25) is 0 Å². The highest BCUT2D eigenvalue weighted by atomic mass is 14.4. The maximum Gasteiger partial charge on any atom is -0.00869 e. The van der Waals surface area contributed by atoms with Crippen LogP contribution in [0.5, 0.6) is 0 Å². The van der Waals surface area contributed by atoms with Crippen molar-refractivity contribution in [2.45, 2.75) is 129 Å². The van der Waals surface area contributed by atoms with Crippen molar-refractivity contribution < 1.29 is 0 Å². The van der Waals surface area contributed by atoms with Gasteiger partial charge in [0.25, 0.3) is 0 Å². The SMILES string of the molecule is CCCCCCCCC1C2=C(CCC(C)=C2)c2ccccc2C1CCCCCCCC. The molecule has 0 radical (unpaired) electrons. The third kappa shape index (κ3) is 6.84. The monoisotopic (exact) mass is 420 g/mol. The topological polar surface area (TPSA) is 0 Å². The lowest BCUT2D eigenvalue weighted by atomic mass is 9.65. The van der Waals surface area contributed by atoms with Crippen LogP contribution < -0.4 is 0 Å². The molecule has 2 atom stereocenters. The Morgan fingerprint density at radius 1 is 0.677 bits per heavy atom. The van der Waals surface area contributed by atoms with Crippen LogP contribution in [0.3, 0.4) is 0 Å². The second kappa shape index (κ2) is 13.3. The van der Waals surface area contributed by atoms with E-state index in [9.17, 15) is 0 Å². The number of hydrogen-bond donors (Lipinski definition) is 0. The average molecular weight is 421 g/mol. The summed E-state index contributed by atoms with van der Waals surface area (Å²) in [7, 11) is 0. The summed E-state index contributed by atoms with van der Waals surface area (Å²) in [6, 6.07) is 9.46. The molecule has 0 aliphatic heterocycles. The van der Waals surface area contributed by atoms with E-state index < -0.39 is 0 Å². The molecule has 0 spiro atoms. The fourth-order valence-corrected chi connectivity index (χ4v) is 6.04. The first-order valence-electron chi connectivity index (χ1n) is 13.8. The molecule has 0 amide bonds. The van der Waals surface area contributed by atoms with E-state index in [0.29, 0.717) is 0 Å². The molecular formula is C31H48. The molecule has 0 heterocycles. The van der Waals surface area contributed by atoms with Gasteiger partial charge in [-0.1, -0.05) is 127 Å². The molecule has 0 bridgehead atoms. The van der Waals surface area contributed by atoms with Crippen LogP contribution in [0.1, 0.15) is 141 Å². The minimum Gasteiger partial charge on any atom is -0.0727 e. The molecule has 0 saturated heterocycles. The Balaban J connectivity index is 1.73. The van der Waals surface area contributed by atoms with Crippen LogP contribution in [0.2, 0.25) is 0 Å². The van der Waals surface area contributed by atoms with E-state index in [-0.39, 0.29) is 0 Å². The van der Waals surface area contributed by atoms with Crippen molar-refractivity contribution in [1.29, 1.82) is 0 Å². The standard InChI is InChI=1S/C31H48/c1-4-6-8-10-12-14-18-27-26-20-16-17-21-28(26)30-23-22-25(3)24-31(30)29(27)19-15-13-11-9-7-5-2/h16-17,20-21,24,27,29H,4-15,18-19,22-23H2,1-3H3. The minimum absolute atomic E-state index is 0.735. The van der Waals surface area contributed by atoms with E-state index in [2.05, 4.69) is 51.1 Å². The molecule has 0 N–H and O–H groups in total. The van der Waals surface area contributed by atoms with E-state index in [1.54, 1.807) is 27.8 Å². The van der Waals surface area contributed by atoms with Gasteiger partial charge in [-0.15, -0.1) is 0 Å². The molecule has 0 nitrogen and oxygen atoms in total. The van der Waals surface area contributed by atoms with Gasteiger partial charge in [-0.05, 0) is 66.7 Å². The van der Waals surface area contributed by atoms with Crippen LogP contribution >= 0.6 is 0 Å². The van der Waals surface area contributed by atoms with Crippen molar-refractivity contribution in [2.24, 2.45) is 5.92 Å². The summed E-state index contributed by atoms with van der Waals surface area (Å²) in [5, 5.41) is 0. The Labute approximate surface area is 193 Å². The molecule has 1 aromatic carbocycles. The highest BCUT2D eigenvalue weighted by Crippen LogP contribution is 2.50. The number of allylic oxidation sites excluding steroid dienone is 4. The van der Waals surface area contributed by atoms with Gasteiger partial charge in [-0.2, -0.15) is 0 Å². The molecule has 0 fully saturated rings. The molecular weight excluding hydrogens is 372 g/mol. The Kier molecular flexibility index (Phi) is 10.4. The van der Waals surface area contributed by atoms with E-state index in [1.165, 1.54) is 103 Å². The number of benzene rings is 1. The van der Waals surface area contributed by atoms with Crippen LogP contribution in [0.4, 0.5) is 0 Å². The van der Waals surface area contributed by atoms with Crippen molar-refractivity contribution in [3.8, 4) is 0 Å². The highest BCUT2D eigenvalue weighted by molar-refractivity contribution is 5.78. The highest BCUT2D eigenvalue weighted by Gasteiger charge is 2.34. The summed E-state index contributed by atoms with van der Waals surface area (Å²) >= 11 is 0. The molecule has 2 unspecified atom stereocenters. The zero-order chi connectivity index (χ0) is 21.9. The lowest BCUT2D eigenvalue weighted by molar-refractivity contribution is 0.393. The maximum atomic E-state index is 2.60. The number of hydrogen-bond acceptors (Lipinski definition) is 0. The molecule has 0 heteroatoms. The Morgan fingerprint density at radius 3 is 1.94 bits per heavy atom. The summed E-state index contributed by atoms with van der Waals surface area (Å²) < 4.78 is 0. The third-order valence-corrected chi connectivity index (χ3v) is 7.83. The van der Waals surface area contributed by atoms with E-state index in [4.69, 9.17) is 0 Å². The Morgan fingerprint density at radius 2 is 1.26 bits per heavy atom. The largest absolute Gasteiger partial charge is 0.0727 e. The molecule has 0 saturated carbocycles. The van der Waals surface area contributed by atoms with Crippen molar-refractivity contribution in [1.82, 2.24) is 0 Å². The summed E-state index contributed by atoms with van der Waals surface area (Å²) in [6.45, 7) is 6.99. The molecule has 3 rings (SSSR count). The van der Waals surface area contributed by atoms with E-state index in [1.807, 2.05) is 0 Å². The number of fused-ring (bicyclic) bond motifs is 2. The normalized spacial score (nSPS) is 20.4. The fraction of sp³-hybridized carbons (Fsp3) is 0.677. The van der Waals surface area contributed by atoms with Crippen molar-refractivity contribution in [3.63, 3.8) is 0 Å². The lowest BCUT2D eigenvalue weighted by Crippen LogP contribution is -2.23. The van der Waals surface area contributed by atoms with E-state index in [0.717, 1.165) is 11.8 Å². The number of unbranched alkanes of at least 4 members (excludes halogenated alkanes) is 10. The summed E-state index contributed by atoms with van der Waals surface area (Å²) in [5.74, 6) is 1.49. The predicted octanol–water partition coefficient (Wildman–Crippen LogP) is 10.4. The minimum atomic E-state index is 0.735. The molecule has 2 aliphatic rings. The van der Waals surface area contributed by atoms with Crippen molar-refractivity contribution in [2.75, 3.05) is 0 Å². The first-order chi connectivity index (χ1) is 15.3. The zero-order valence-corrected chi connectivity index (χ0v) is 20.9. The lowest BCUT2D eigenvalue weighted by Gasteiger charge is -2.39. The quantitative estimate of drug-likeness (QED) is 0.262. The fourth-order valence-electron chi connectivity index (χ4n) is 6.04. The molecule has 1 aromatic rings. The first-order valence-corrected chi connectivity index (χ1v) is 13.8. The maximum absolute atomic E-state index is 2.60. The van der Waals surface area contributed by atoms with Crippen LogP contribution in [-0.2, 0) is 0 Å². The second-order valence-corrected chi connectivity index (χ2v) is 10.3. The van der Waals surface area contributed by atoms with Gasteiger partial charge in [-0.25, -0.2) is 0 Å². The summed E-state index contributed by atoms with van der Waals surface area (Å²) in [5.41, 5.74) is 8.29. The zero-order valence-electron chi connectivity index (χ0n) is 20.9. The van der Waals surface area contributed by atoms with Gasteiger partial charge in [0.15, 0.2) is 0 Å². The second-order valence-electron chi connectivity index (χ2n) is 10.3. The van der Waals surface area contributed by atoms with Gasteiger partial charge in [0.1, 0.15) is 0 Å². The van der Waals surface area contributed by atoms with E-state index >= 15 is 0 Å². The van der Waals surface area contributed by atoms with Gasteiger partial charge in [0.05, 0.1) is 0 Å². The Bertz CT molecular complexity index is 719. The van der Waals surface area contributed by atoms with Crippen molar-refractivity contribution >= 4 is 5.57 Å². The smallest absolute Gasteiger partial charge is 0.00869 e. The van der Waals surface area contributed by atoms with Crippen LogP contribution in [-0.4, -0.2) is 0 Å². The molecule has 172 valence electrons. The summed E-state index contributed by atoms with van der Waals surface area (Å²) in [4.78, 5) is 0. The predicted molar refractivity (Wildman–Crippen MR) is 139 cm³/mol. The van der Waals surface area contributed by atoms with Crippen LogP contribution in [0.25, 0.3) is 5.57 Å². The first kappa shape index (κ1) is 24.3. The van der Waals surface area contributed by atoms with Crippen molar-refractivity contribution in [3.05, 3.63) is 52.6 Å². The van der Waals surface area contributed by atoms with Crippen LogP contribution in [0, 0.1) is 5.92 Å². The molecule has 0 aromatic heterocycles. The molecule has 31 heavy (non-hydrogen) atoms. The number of rotatable bonds is 14. The van der Waals surface area contributed by atoms with Gasteiger partial charge < -0.3 is 0 Å². The third-order valence-electron chi connectivity index (χ3n) is 7.83. The average Bonchev–Trinajstić information content (AvgIpc) is 2.79. The van der Waals surface area contributed by atoms with Gasteiger partial charge >= 0.3 is 0 Å². The summed E-state index contributed by atoms with van der Waals surface area (Å²) in [6.07, 6.45) is 24.8.